The maximum absolute atomic E-state index is 12.5. The molecule has 2 fully saturated rings. The van der Waals surface area contributed by atoms with Gasteiger partial charge in [0.25, 0.3) is 0 Å². The van der Waals surface area contributed by atoms with Gasteiger partial charge in [-0.15, -0.1) is 0 Å². The second kappa shape index (κ2) is 6.19. The lowest BCUT2D eigenvalue weighted by molar-refractivity contribution is -0.0984. The van der Waals surface area contributed by atoms with Crippen molar-refractivity contribution < 1.29 is 19.4 Å². The summed E-state index contributed by atoms with van der Waals surface area (Å²) in [7, 11) is 0. The third kappa shape index (κ3) is 3.65. The summed E-state index contributed by atoms with van der Waals surface area (Å²) in [6.45, 7) is 9.51. The Morgan fingerprint density at radius 2 is 1.62 bits per heavy atom. The van der Waals surface area contributed by atoms with Crippen molar-refractivity contribution in [1.82, 2.24) is 14.7 Å². The Kier molecular flexibility index (Phi) is 4.73. The van der Waals surface area contributed by atoms with E-state index in [0.29, 0.717) is 26.2 Å². The number of hydrogen-bond donors (Lipinski definition) is 1. The van der Waals surface area contributed by atoms with E-state index in [1.165, 1.54) is 14.7 Å². The fraction of sp³-hybridized carbons (Fsp3) is 0.857. The Morgan fingerprint density at radius 3 is 2.10 bits per heavy atom. The second-order valence-corrected chi connectivity index (χ2v) is 6.57. The molecule has 0 aromatic rings. The summed E-state index contributed by atoms with van der Waals surface area (Å²) >= 11 is 0. The van der Waals surface area contributed by atoms with Gasteiger partial charge < -0.3 is 9.84 Å². The molecule has 7 nitrogen and oxygen atoms in total. The molecule has 4 amide bonds. The molecular weight excluding hydrogens is 274 g/mol. The molecule has 2 rings (SSSR count). The lowest BCUT2D eigenvalue weighted by Gasteiger charge is -2.45. The Labute approximate surface area is 125 Å². The van der Waals surface area contributed by atoms with Gasteiger partial charge in [-0.25, -0.2) is 14.5 Å². The van der Waals surface area contributed by atoms with Crippen molar-refractivity contribution in [3.8, 4) is 0 Å². The van der Waals surface area contributed by atoms with Gasteiger partial charge in [-0.05, 0) is 11.8 Å². The van der Waals surface area contributed by atoms with Gasteiger partial charge in [0.05, 0.1) is 19.3 Å². The summed E-state index contributed by atoms with van der Waals surface area (Å²) in [5.74, 6) is 0.379. The zero-order valence-electron chi connectivity index (χ0n) is 13.2. The molecule has 0 aromatic carbocycles. The number of carbonyl (C=O) groups excluding carboxylic acids is 2. The van der Waals surface area contributed by atoms with Crippen LogP contribution in [0, 0.1) is 11.8 Å². The van der Waals surface area contributed by atoms with E-state index in [1.54, 1.807) is 0 Å². The number of urea groups is 2. The number of rotatable bonds is 6. The minimum atomic E-state index is -1.21. The number of amides is 4. The summed E-state index contributed by atoms with van der Waals surface area (Å²) in [4.78, 5) is 28.8. The molecule has 0 bridgehead atoms. The molecular formula is C14H25N3O4. The minimum absolute atomic E-state index is 0.0291. The SMILES string of the molecule is CC(C)CN1C(=O)N(CC(C)C)C(O)N(CC2CO2)C1=O. The third-order valence-corrected chi connectivity index (χ3v) is 3.42. The summed E-state index contributed by atoms with van der Waals surface area (Å²) in [5, 5.41) is 10.4. The van der Waals surface area contributed by atoms with E-state index >= 15 is 0 Å². The number of hydrogen-bond acceptors (Lipinski definition) is 4. The van der Waals surface area contributed by atoms with Gasteiger partial charge in [0.1, 0.15) is 0 Å². The molecule has 0 spiro atoms. The van der Waals surface area contributed by atoms with Crippen LogP contribution < -0.4 is 0 Å². The van der Waals surface area contributed by atoms with E-state index in [9.17, 15) is 14.7 Å². The molecule has 2 aliphatic rings. The van der Waals surface area contributed by atoms with Gasteiger partial charge in [-0.1, -0.05) is 27.7 Å². The van der Waals surface area contributed by atoms with Crippen LogP contribution in [0.1, 0.15) is 27.7 Å². The van der Waals surface area contributed by atoms with E-state index in [0.717, 1.165) is 0 Å². The van der Waals surface area contributed by atoms with Crippen LogP contribution in [0.3, 0.4) is 0 Å². The fourth-order valence-electron chi connectivity index (χ4n) is 2.41. The van der Waals surface area contributed by atoms with Crippen molar-refractivity contribution in [3.63, 3.8) is 0 Å². The molecule has 7 heteroatoms. The summed E-state index contributed by atoms with van der Waals surface area (Å²) in [6.07, 6.45) is -1.24. The maximum Gasteiger partial charge on any atom is 0.331 e. The number of imide groups is 1. The van der Waals surface area contributed by atoms with Crippen molar-refractivity contribution in [2.45, 2.75) is 40.2 Å². The predicted octanol–water partition coefficient (Wildman–Crippen LogP) is 1.13. The van der Waals surface area contributed by atoms with Crippen molar-refractivity contribution in [2.75, 3.05) is 26.2 Å². The van der Waals surface area contributed by atoms with Crippen LogP contribution in [0.5, 0.6) is 0 Å². The van der Waals surface area contributed by atoms with Crippen LogP contribution in [-0.2, 0) is 4.74 Å². The monoisotopic (exact) mass is 299 g/mol. The average molecular weight is 299 g/mol. The molecule has 1 N–H and O–H groups in total. The van der Waals surface area contributed by atoms with Crippen LogP contribution >= 0.6 is 0 Å². The molecule has 21 heavy (non-hydrogen) atoms. The molecule has 0 aromatic heterocycles. The number of aliphatic hydroxyl groups excluding tert-OH is 1. The first-order valence-corrected chi connectivity index (χ1v) is 7.49. The highest BCUT2D eigenvalue weighted by molar-refractivity contribution is 5.96. The molecule has 2 unspecified atom stereocenters. The highest BCUT2D eigenvalue weighted by Gasteiger charge is 2.45. The largest absolute Gasteiger partial charge is 0.371 e. The van der Waals surface area contributed by atoms with Crippen LogP contribution in [0.2, 0.25) is 0 Å². The van der Waals surface area contributed by atoms with Crippen LogP contribution in [0.4, 0.5) is 9.59 Å². The van der Waals surface area contributed by atoms with Crippen LogP contribution in [-0.4, -0.2) is 70.6 Å². The third-order valence-electron chi connectivity index (χ3n) is 3.42. The smallest absolute Gasteiger partial charge is 0.331 e. The molecule has 2 heterocycles. The van der Waals surface area contributed by atoms with Crippen molar-refractivity contribution in [1.29, 1.82) is 0 Å². The van der Waals surface area contributed by atoms with Gasteiger partial charge >= 0.3 is 12.1 Å². The lowest BCUT2D eigenvalue weighted by Crippen LogP contribution is -2.67. The Hall–Kier alpha value is -1.34. The van der Waals surface area contributed by atoms with Gasteiger partial charge in [-0.3, -0.25) is 9.80 Å². The molecule has 2 saturated heterocycles. The summed E-state index contributed by atoms with van der Waals surface area (Å²) in [5.41, 5.74) is 0. The normalized spacial score (nSPS) is 26.3. The van der Waals surface area contributed by atoms with Crippen LogP contribution in [0.15, 0.2) is 0 Å². The van der Waals surface area contributed by atoms with Crippen molar-refractivity contribution in [2.24, 2.45) is 11.8 Å². The number of aliphatic hydroxyl groups is 1. The zero-order chi connectivity index (χ0) is 15.7. The van der Waals surface area contributed by atoms with Crippen molar-refractivity contribution >= 4 is 12.1 Å². The zero-order valence-corrected chi connectivity index (χ0v) is 13.2. The minimum Gasteiger partial charge on any atom is -0.371 e. The number of nitrogens with zero attached hydrogens (tertiary/aromatic N) is 3. The first-order chi connectivity index (χ1) is 9.81. The molecule has 120 valence electrons. The van der Waals surface area contributed by atoms with E-state index < -0.39 is 18.4 Å². The van der Waals surface area contributed by atoms with Crippen LogP contribution in [0.25, 0.3) is 0 Å². The van der Waals surface area contributed by atoms with Gasteiger partial charge in [0.15, 0.2) is 0 Å². The molecule has 2 aliphatic heterocycles. The van der Waals surface area contributed by atoms with Crippen molar-refractivity contribution in [3.05, 3.63) is 0 Å². The van der Waals surface area contributed by atoms with Gasteiger partial charge in [0, 0.05) is 13.1 Å². The Bertz CT molecular complexity index is 385. The molecule has 2 atom stereocenters. The van der Waals surface area contributed by atoms with E-state index in [-0.39, 0.29) is 17.9 Å². The molecule has 0 aliphatic carbocycles. The first kappa shape index (κ1) is 16.0. The van der Waals surface area contributed by atoms with Gasteiger partial charge in [-0.2, -0.15) is 0 Å². The first-order valence-electron chi connectivity index (χ1n) is 7.49. The standard InChI is InChI=1S/C14H25N3O4/c1-9(2)5-15-12(18)16(6-10(3)4)14(20)17(13(15)19)7-11-8-21-11/h9-11,13,19H,5-8H2,1-4H3. The highest BCUT2D eigenvalue weighted by atomic mass is 16.6. The topological polar surface area (TPSA) is 76.6 Å². The quantitative estimate of drug-likeness (QED) is 0.746. The number of carbonyl (C=O) groups is 2. The average Bonchev–Trinajstić information content (AvgIpc) is 3.19. The Balaban J connectivity index is 2.20. The maximum atomic E-state index is 12.5. The van der Waals surface area contributed by atoms with E-state index in [1.807, 2.05) is 27.7 Å². The highest BCUT2D eigenvalue weighted by Crippen LogP contribution is 2.23. The number of epoxide rings is 1. The number of ether oxygens (including phenoxy) is 1. The van der Waals surface area contributed by atoms with E-state index in [4.69, 9.17) is 4.74 Å². The summed E-state index contributed by atoms with van der Waals surface area (Å²) in [6, 6.07) is -0.848. The fourth-order valence-corrected chi connectivity index (χ4v) is 2.41. The predicted molar refractivity (Wildman–Crippen MR) is 76.3 cm³/mol. The Morgan fingerprint density at radius 1 is 1.10 bits per heavy atom. The summed E-state index contributed by atoms with van der Waals surface area (Å²) < 4.78 is 5.14. The van der Waals surface area contributed by atoms with E-state index in [2.05, 4.69) is 0 Å². The molecule has 0 saturated carbocycles. The second-order valence-electron chi connectivity index (χ2n) is 6.57. The molecule has 0 radical (unpaired) electrons. The van der Waals surface area contributed by atoms with Gasteiger partial charge in [0.2, 0.25) is 6.35 Å². The lowest BCUT2D eigenvalue weighted by atomic mass is 10.2.